The molecule has 2 rings (SSSR count). The minimum atomic E-state index is -0.186. The fourth-order valence-corrected chi connectivity index (χ4v) is 2.33. The van der Waals surface area contributed by atoms with Gasteiger partial charge in [-0.25, -0.2) is 0 Å². The highest BCUT2D eigenvalue weighted by Gasteiger charge is 2.04. The van der Waals surface area contributed by atoms with Gasteiger partial charge >= 0.3 is 0 Å². The molecule has 1 N–H and O–H groups in total. The first-order valence-corrected chi connectivity index (χ1v) is 8.69. The van der Waals surface area contributed by atoms with E-state index in [4.69, 9.17) is 14.2 Å². The van der Waals surface area contributed by atoms with E-state index in [9.17, 15) is 4.79 Å². The molecule has 2 aromatic carbocycles. The Kier molecular flexibility index (Phi) is 7.97. The molecule has 0 fully saturated rings. The van der Waals surface area contributed by atoms with E-state index in [0.29, 0.717) is 31.3 Å². The minimum Gasteiger partial charge on any atom is -0.493 e. The summed E-state index contributed by atoms with van der Waals surface area (Å²) in [5, 5.41) is 2.79. The highest BCUT2D eigenvalue weighted by atomic mass is 16.5. The van der Waals surface area contributed by atoms with E-state index in [2.05, 4.69) is 11.9 Å². The number of carbonyl (C=O) groups is 1. The number of aryl methyl sites for hydroxylation is 1. The maximum absolute atomic E-state index is 11.9. The first-order chi connectivity index (χ1) is 13.1. The maximum Gasteiger partial charge on any atom is 0.244 e. The molecule has 0 aliphatic carbocycles. The number of benzene rings is 2. The van der Waals surface area contributed by atoms with Crippen molar-refractivity contribution in [1.82, 2.24) is 5.32 Å². The van der Waals surface area contributed by atoms with E-state index >= 15 is 0 Å². The third-order valence-corrected chi connectivity index (χ3v) is 3.63. The lowest BCUT2D eigenvalue weighted by Crippen LogP contribution is -2.26. The third-order valence-electron chi connectivity index (χ3n) is 3.63. The van der Waals surface area contributed by atoms with Crippen molar-refractivity contribution in [1.29, 1.82) is 0 Å². The zero-order chi connectivity index (χ0) is 19.5. The first kappa shape index (κ1) is 20.1. The summed E-state index contributed by atoms with van der Waals surface area (Å²) in [6.45, 7) is 6.86. The van der Waals surface area contributed by atoms with Crippen molar-refractivity contribution in [2.24, 2.45) is 0 Å². The molecule has 142 valence electrons. The molecule has 0 spiro atoms. The molecule has 0 saturated carbocycles. The zero-order valence-corrected chi connectivity index (χ0v) is 15.7. The van der Waals surface area contributed by atoms with Crippen LogP contribution in [0.3, 0.4) is 0 Å². The Balaban J connectivity index is 1.80. The summed E-state index contributed by atoms with van der Waals surface area (Å²) in [5.74, 6) is 1.85. The summed E-state index contributed by atoms with van der Waals surface area (Å²) in [6, 6.07) is 13.3. The predicted octanol–water partition coefficient (Wildman–Crippen LogP) is 3.78. The number of ether oxygens (including phenoxy) is 3. The molecule has 2 aromatic rings. The molecule has 0 radical (unpaired) electrons. The van der Waals surface area contributed by atoms with E-state index in [1.54, 1.807) is 25.3 Å². The van der Waals surface area contributed by atoms with Crippen molar-refractivity contribution in [2.45, 2.75) is 6.92 Å². The predicted molar refractivity (Wildman–Crippen MR) is 107 cm³/mol. The number of nitrogens with one attached hydrogen (secondary N) is 1. The Morgan fingerprint density at radius 3 is 2.74 bits per heavy atom. The molecular formula is C22H25NO4. The zero-order valence-electron chi connectivity index (χ0n) is 15.7. The average Bonchev–Trinajstić information content (AvgIpc) is 2.68. The van der Waals surface area contributed by atoms with E-state index < -0.39 is 0 Å². The van der Waals surface area contributed by atoms with Crippen LogP contribution in [0.4, 0.5) is 0 Å². The lowest BCUT2D eigenvalue weighted by molar-refractivity contribution is -0.116. The summed E-state index contributed by atoms with van der Waals surface area (Å²) in [6.07, 6.45) is 4.86. The van der Waals surface area contributed by atoms with Crippen LogP contribution >= 0.6 is 0 Å². The van der Waals surface area contributed by atoms with Crippen LogP contribution in [0, 0.1) is 6.92 Å². The standard InChI is InChI=1S/C22H25NO4/c1-4-13-27-20-10-8-18(16-21(20)25-3)9-11-22(24)23-12-14-26-19-7-5-6-17(2)15-19/h4-11,15-16H,1,12-14H2,2-3H3,(H,23,24)/b11-9+. The highest BCUT2D eigenvalue weighted by Crippen LogP contribution is 2.28. The monoisotopic (exact) mass is 367 g/mol. The number of carbonyl (C=O) groups excluding carboxylic acids is 1. The van der Waals surface area contributed by atoms with Crippen molar-refractivity contribution in [3.05, 3.63) is 72.3 Å². The van der Waals surface area contributed by atoms with E-state index in [1.165, 1.54) is 6.08 Å². The Morgan fingerprint density at radius 2 is 2.00 bits per heavy atom. The summed E-state index contributed by atoms with van der Waals surface area (Å²) >= 11 is 0. The van der Waals surface area contributed by atoms with Gasteiger partial charge in [-0.3, -0.25) is 4.79 Å². The van der Waals surface area contributed by atoms with Gasteiger partial charge in [0.05, 0.1) is 13.7 Å². The molecule has 0 aromatic heterocycles. The summed E-state index contributed by atoms with van der Waals surface area (Å²) in [4.78, 5) is 11.9. The Bertz CT molecular complexity index is 799. The van der Waals surface area contributed by atoms with E-state index in [-0.39, 0.29) is 5.91 Å². The van der Waals surface area contributed by atoms with Crippen LogP contribution in [-0.4, -0.2) is 32.8 Å². The van der Waals surface area contributed by atoms with E-state index in [0.717, 1.165) is 16.9 Å². The Morgan fingerprint density at radius 1 is 1.15 bits per heavy atom. The molecule has 0 atom stereocenters. The van der Waals surface area contributed by atoms with Gasteiger partial charge in [0.15, 0.2) is 11.5 Å². The molecule has 0 heterocycles. The molecule has 0 aliphatic rings. The van der Waals surface area contributed by atoms with E-state index in [1.807, 2.05) is 43.3 Å². The normalized spacial score (nSPS) is 10.4. The summed E-state index contributed by atoms with van der Waals surface area (Å²) < 4.78 is 16.4. The summed E-state index contributed by atoms with van der Waals surface area (Å²) in [5.41, 5.74) is 1.97. The molecule has 1 amide bonds. The minimum absolute atomic E-state index is 0.186. The second-order valence-corrected chi connectivity index (χ2v) is 5.80. The van der Waals surface area contributed by atoms with Gasteiger partial charge in [0, 0.05) is 6.08 Å². The van der Waals surface area contributed by atoms with Crippen LogP contribution < -0.4 is 19.5 Å². The topological polar surface area (TPSA) is 56.8 Å². The highest BCUT2D eigenvalue weighted by molar-refractivity contribution is 5.91. The van der Waals surface area contributed by atoms with Crippen molar-refractivity contribution in [3.8, 4) is 17.2 Å². The smallest absolute Gasteiger partial charge is 0.244 e. The van der Waals surface area contributed by atoms with Gasteiger partial charge in [0.2, 0.25) is 5.91 Å². The first-order valence-electron chi connectivity index (χ1n) is 8.69. The number of hydrogen-bond donors (Lipinski definition) is 1. The molecule has 0 saturated heterocycles. The fraction of sp³-hybridized carbons (Fsp3) is 0.227. The number of rotatable bonds is 10. The number of hydrogen-bond acceptors (Lipinski definition) is 4. The third kappa shape index (κ3) is 6.90. The molecule has 27 heavy (non-hydrogen) atoms. The largest absolute Gasteiger partial charge is 0.493 e. The van der Waals surface area contributed by atoms with Crippen LogP contribution in [0.25, 0.3) is 6.08 Å². The Labute approximate surface area is 160 Å². The average molecular weight is 367 g/mol. The molecule has 0 unspecified atom stereocenters. The molecular weight excluding hydrogens is 342 g/mol. The van der Waals surface area contributed by atoms with Crippen LogP contribution in [0.15, 0.2) is 61.2 Å². The second-order valence-electron chi connectivity index (χ2n) is 5.80. The van der Waals surface area contributed by atoms with Crippen molar-refractivity contribution in [3.63, 3.8) is 0 Å². The number of amides is 1. The van der Waals surface area contributed by atoms with Crippen LogP contribution in [0.1, 0.15) is 11.1 Å². The van der Waals surface area contributed by atoms with Gasteiger partial charge in [-0.1, -0.05) is 30.9 Å². The van der Waals surface area contributed by atoms with Crippen molar-refractivity contribution >= 4 is 12.0 Å². The van der Waals surface area contributed by atoms with Gasteiger partial charge < -0.3 is 19.5 Å². The van der Waals surface area contributed by atoms with Gasteiger partial charge in [-0.2, -0.15) is 0 Å². The van der Waals surface area contributed by atoms with Crippen LogP contribution in [0.5, 0.6) is 17.2 Å². The molecule has 5 nitrogen and oxygen atoms in total. The Hall–Kier alpha value is -3.21. The van der Waals surface area contributed by atoms with Crippen molar-refractivity contribution in [2.75, 3.05) is 26.9 Å². The van der Waals surface area contributed by atoms with Crippen LogP contribution in [0.2, 0.25) is 0 Å². The number of methoxy groups -OCH3 is 1. The molecule has 0 aliphatic heterocycles. The van der Waals surface area contributed by atoms with Crippen molar-refractivity contribution < 1.29 is 19.0 Å². The van der Waals surface area contributed by atoms with Crippen LogP contribution in [-0.2, 0) is 4.79 Å². The lowest BCUT2D eigenvalue weighted by Gasteiger charge is -2.09. The fourth-order valence-electron chi connectivity index (χ4n) is 2.33. The maximum atomic E-state index is 11.9. The van der Waals surface area contributed by atoms with Gasteiger partial charge in [-0.15, -0.1) is 0 Å². The van der Waals surface area contributed by atoms with Gasteiger partial charge in [0.25, 0.3) is 0 Å². The molecule has 5 heteroatoms. The second kappa shape index (κ2) is 10.7. The molecule has 0 bridgehead atoms. The van der Waals surface area contributed by atoms with Gasteiger partial charge in [-0.05, 0) is 48.4 Å². The quantitative estimate of drug-likeness (QED) is 0.394. The van der Waals surface area contributed by atoms with Gasteiger partial charge in [0.1, 0.15) is 19.0 Å². The SMILES string of the molecule is C=CCOc1ccc(/C=C/C(=O)NCCOc2cccc(C)c2)cc1OC. The summed E-state index contributed by atoms with van der Waals surface area (Å²) in [7, 11) is 1.57. The lowest BCUT2D eigenvalue weighted by atomic mass is 10.2.